The second kappa shape index (κ2) is 4.96. The lowest BCUT2D eigenvalue weighted by Crippen LogP contribution is -2.32. The van der Waals surface area contributed by atoms with Gasteiger partial charge in [-0.2, -0.15) is 0 Å². The Balaban J connectivity index is 2.27. The molecule has 20 heavy (non-hydrogen) atoms. The molecule has 102 valence electrons. The van der Waals surface area contributed by atoms with Crippen molar-refractivity contribution in [1.82, 2.24) is 0 Å². The fourth-order valence-corrected chi connectivity index (χ4v) is 2.64. The summed E-state index contributed by atoms with van der Waals surface area (Å²) in [4.78, 5) is 17.9. The lowest BCUT2D eigenvalue weighted by atomic mass is 10.0. The number of para-hydroxylation sites is 2. The van der Waals surface area contributed by atoms with Crippen LogP contribution in [-0.2, 0) is 11.3 Å². The van der Waals surface area contributed by atoms with Gasteiger partial charge in [-0.25, -0.2) is 9.68 Å². The van der Waals surface area contributed by atoms with Crippen LogP contribution < -0.4 is 10.6 Å². The summed E-state index contributed by atoms with van der Waals surface area (Å²) in [5.74, 6) is 0. The summed E-state index contributed by atoms with van der Waals surface area (Å²) in [6.45, 7) is 0. The number of carbonyl (C=O) groups excluding carboxylic acids is 1. The summed E-state index contributed by atoms with van der Waals surface area (Å²) >= 11 is 0. The zero-order chi connectivity index (χ0) is 14.1. The summed E-state index contributed by atoms with van der Waals surface area (Å²) in [7, 11) is 0. The fourth-order valence-electron chi connectivity index (χ4n) is 2.64. The molecular formula is C15H14N2O3. The minimum Gasteiger partial charge on any atom is -0.351 e. The van der Waals surface area contributed by atoms with Crippen LogP contribution in [0.4, 0.5) is 16.2 Å². The van der Waals surface area contributed by atoms with E-state index in [1.54, 1.807) is 6.07 Å². The third-order valence-corrected chi connectivity index (χ3v) is 3.51. The summed E-state index contributed by atoms with van der Waals surface area (Å²) in [6, 6.07) is 14.1. The fraction of sp³-hybridized carbons (Fsp3) is 0.133. The molecule has 0 bridgehead atoms. The van der Waals surface area contributed by atoms with Crippen LogP contribution in [-0.4, -0.2) is 11.3 Å². The SMILES string of the molecule is NC(=O)N1c2ccccc2CC(OO)c2ccccc21. The number of nitrogens with two attached hydrogens (primary N) is 1. The molecule has 0 saturated heterocycles. The molecule has 1 aliphatic heterocycles. The molecule has 5 nitrogen and oxygen atoms in total. The van der Waals surface area contributed by atoms with Crippen LogP contribution in [0.3, 0.4) is 0 Å². The first-order chi connectivity index (χ1) is 9.72. The van der Waals surface area contributed by atoms with E-state index in [-0.39, 0.29) is 0 Å². The van der Waals surface area contributed by atoms with Crippen molar-refractivity contribution in [2.24, 2.45) is 5.73 Å². The largest absolute Gasteiger partial charge is 0.351 e. The van der Waals surface area contributed by atoms with E-state index in [9.17, 15) is 10.1 Å². The van der Waals surface area contributed by atoms with Crippen molar-refractivity contribution in [1.29, 1.82) is 0 Å². The van der Waals surface area contributed by atoms with Gasteiger partial charge in [0.2, 0.25) is 0 Å². The Kier molecular flexibility index (Phi) is 3.14. The summed E-state index contributed by atoms with van der Waals surface area (Å²) in [5.41, 5.74) is 8.50. The van der Waals surface area contributed by atoms with Crippen molar-refractivity contribution >= 4 is 17.4 Å². The number of urea groups is 1. The Bertz CT molecular complexity index is 657. The summed E-state index contributed by atoms with van der Waals surface area (Å²) in [6.07, 6.45) is -0.0651. The highest BCUT2D eigenvalue weighted by Crippen LogP contribution is 2.40. The highest BCUT2D eigenvalue weighted by molar-refractivity contribution is 6.00. The lowest BCUT2D eigenvalue weighted by Gasteiger charge is -2.22. The molecule has 2 aromatic carbocycles. The Morgan fingerprint density at radius 3 is 2.50 bits per heavy atom. The minimum absolute atomic E-state index is 0.466. The third kappa shape index (κ3) is 1.93. The van der Waals surface area contributed by atoms with Gasteiger partial charge in [0.1, 0.15) is 6.10 Å². The van der Waals surface area contributed by atoms with Gasteiger partial charge in [0.25, 0.3) is 0 Å². The predicted octanol–water partition coefficient (Wildman–Crippen LogP) is 2.99. The summed E-state index contributed by atoms with van der Waals surface area (Å²) < 4.78 is 0. The summed E-state index contributed by atoms with van der Waals surface area (Å²) in [5, 5.41) is 9.18. The van der Waals surface area contributed by atoms with Gasteiger partial charge < -0.3 is 5.73 Å². The number of rotatable bonds is 1. The van der Waals surface area contributed by atoms with Crippen LogP contribution >= 0.6 is 0 Å². The second-order valence-electron chi connectivity index (χ2n) is 4.66. The maximum atomic E-state index is 11.9. The number of carbonyl (C=O) groups is 1. The van der Waals surface area contributed by atoms with Crippen LogP contribution in [0.25, 0.3) is 0 Å². The molecule has 0 aliphatic carbocycles. The van der Waals surface area contributed by atoms with Gasteiger partial charge in [0.05, 0.1) is 11.4 Å². The smallest absolute Gasteiger partial charge is 0.323 e. The average molecular weight is 270 g/mol. The quantitative estimate of drug-likeness (QED) is 0.617. The molecule has 1 unspecified atom stereocenters. The number of anilines is 2. The topological polar surface area (TPSA) is 75.8 Å². The van der Waals surface area contributed by atoms with Gasteiger partial charge in [-0.3, -0.25) is 10.2 Å². The maximum Gasteiger partial charge on any atom is 0.323 e. The predicted molar refractivity (Wildman–Crippen MR) is 74.8 cm³/mol. The van der Waals surface area contributed by atoms with E-state index in [1.165, 1.54) is 4.90 Å². The van der Waals surface area contributed by atoms with E-state index in [2.05, 4.69) is 4.89 Å². The Hall–Kier alpha value is -2.37. The van der Waals surface area contributed by atoms with Gasteiger partial charge >= 0.3 is 6.03 Å². The second-order valence-corrected chi connectivity index (χ2v) is 4.66. The van der Waals surface area contributed by atoms with E-state index in [0.717, 1.165) is 11.1 Å². The van der Waals surface area contributed by atoms with Crippen molar-refractivity contribution < 1.29 is 14.9 Å². The van der Waals surface area contributed by atoms with Crippen molar-refractivity contribution in [3.63, 3.8) is 0 Å². The zero-order valence-electron chi connectivity index (χ0n) is 10.7. The van der Waals surface area contributed by atoms with E-state index >= 15 is 0 Å². The third-order valence-electron chi connectivity index (χ3n) is 3.51. The van der Waals surface area contributed by atoms with E-state index < -0.39 is 12.1 Å². The highest BCUT2D eigenvalue weighted by atomic mass is 17.1. The first-order valence-electron chi connectivity index (χ1n) is 6.29. The Morgan fingerprint density at radius 2 is 1.80 bits per heavy atom. The van der Waals surface area contributed by atoms with E-state index in [1.807, 2.05) is 42.5 Å². The normalized spacial score (nSPS) is 17.1. The molecule has 0 radical (unpaired) electrons. The molecule has 2 aromatic rings. The van der Waals surface area contributed by atoms with Crippen molar-refractivity contribution in [2.45, 2.75) is 12.5 Å². The monoisotopic (exact) mass is 270 g/mol. The standard InChI is InChI=1S/C15H14N2O3/c16-15(18)17-12-7-3-1-5-10(12)9-14(20-19)11-6-2-4-8-13(11)17/h1-8,14,19H,9H2,(H2,16,18). The molecule has 0 spiro atoms. The molecule has 0 aromatic heterocycles. The molecule has 3 N–H and O–H groups in total. The number of hydrogen-bond acceptors (Lipinski definition) is 3. The van der Waals surface area contributed by atoms with Gasteiger partial charge in [-0.05, 0) is 17.7 Å². The zero-order valence-corrected chi connectivity index (χ0v) is 10.7. The van der Waals surface area contributed by atoms with Gasteiger partial charge in [-0.15, -0.1) is 0 Å². The van der Waals surface area contributed by atoms with Crippen molar-refractivity contribution in [3.8, 4) is 0 Å². The first kappa shape index (κ1) is 12.7. The Morgan fingerprint density at radius 1 is 1.15 bits per heavy atom. The van der Waals surface area contributed by atoms with Crippen molar-refractivity contribution in [2.75, 3.05) is 4.90 Å². The van der Waals surface area contributed by atoms with E-state index in [4.69, 9.17) is 5.73 Å². The number of benzene rings is 2. The number of fused-ring (bicyclic) bond motifs is 2. The number of amides is 2. The molecule has 2 amide bonds. The van der Waals surface area contributed by atoms with Crippen LogP contribution in [0.15, 0.2) is 48.5 Å². The molecular weight excluding hydrogens is 256 g/mol. The average Bonchev–Trinajstić information content (AvgIpc) is 2.61. The van der Waals surface area contributed by atoms with Crippen molar-refractivity contribution in [3.05, 3.63) is 59.7 Å². The molecule has 1 heterocycles. The molecule has 1 atom stereocenters. The molecule has 0 saturated carbocycles. The van der Waals surface area contributed by atoms with Crippen LogP contribution in [0.5, 0.6) is 0 Å². The molecule has 0 fully saturated rings. The van der Waals surface area contributed by atoms with Gasteiger partial charge in [0, 0.05) is 12.0 Å². The van der Waals surface area contributed by atoms with Gasteiger partial charge in [-0.1, -0.05) is 36.4 Å². The molecule has 5 heteroatoms. The van der Waals surface area contributed by atoms with Crippen LogP contribution in [0.2, 0.25) is 0 Å². The number of nitrogens with zero attached hydrogens (tertiary/aromatic N) is 1. The Labute approximate surface area is 116 Å². The minimum atomic E-state index is -0.566. The van der Waals surface area contributed by atoms with Gasteiger partial charge in [0.15, 0.2) is 0 Å². The molecule has 3 rings (SSSR count). The van der Waals surface area contributed by atoms with E-state index in [0.29, 0.717) is 17.8 Å². The number of primary amides is 1. The molecule has 1 aliphatic rings. The number of hydrogen-bond donors (Lipinski definition) is 2. The highest BCUT2D eigenvalue weighted by Gasteiger charge is 2.29. The van der Waals surface area contributed by atoms with Crippen LogP contribution in [0.1, 0.15) is 17.2 Å². The van der Waals surface area contributed by atoms with Crippen LogP contribution in [0, 0.1) is 0 Å². The maximum absolute atomic E-state index is 11.9. The first-order valence-corrected chi connectivity index (χ1v) is 6.29. The lowest BCUT2D eigenvalue weighted by molar-refractivity contribution is -0.281.